The number of aliphatic hydroxyl groups is 2. The lowest BCUT2D eigenvalue weighted by molar-refractivity contribution is 0.0783. The number of aliphatic hydroxyl groups excluding tert-OH is 2. The first-order valence-electron chi connectivity index (χ1n) is 3.30. The van der Waals surface area contributed by atoms with Crippen LogP contribution in [0.1, 0.15) is 0 Å². The van der Waals surface area contributed by atoms with Crippen molar-refractivity contribution < 1.29 is 10.2 Å². The third kappa shape index (κ3) is 3.08. The molecule has 1 aromatic heterocycles. The van der Waals surface area contributed by atoms with E-state index >= 15 is 0 Å². The van der Waals surface area contributed by atoms with Gasteiger partial charge in [0.15, 0.2) is 0 Å². The van der Waals surface area contributed by atoms with Gasteiger partial charge in [-0.3, -0.25) is 4.68 Å². The van der Waals surface area contributed by atoms with E-state index in [1.807, 2.05) is 0 Å². The summed E-state index contributed by atoms with van der Waals surface area (Å²) in [6.07, 6.45) is 0.878. The predicted molar refractivity (Wildman–Crippen MR) is 47.0 cm³/mol. The number of nitrogens with zero attached hydrogens (tertiary/aromatic N) is 2. The smallest absolute Gasteiger partial charge is 0.145 e. The summed E-state index contributed by atoms with van der Waals surface area (Å²) in [5, 5.41) is 21.3. The van der Waals surface area contributed by atoms with Gasteiger partial charge in [-0.2, -0.15) is 5.10 Å². The molecule has 1 rings (SSSR count). The SMILES string of the molecule is Cl.Nc1ccn(C[C@@H](O)CO)n1. The van der Waals surface area contributed by atoms with E-state index in [1.54, 1.807) is 12.3 Å². The molecule has 0 aromatic carbocycles. The van der Waals surface area contributed by atoms with Crippen LogP contribution >= 0.6 is 12.4 Å². The van der Waals surface area contributed by atoms with Gasteiger partial charge < -0.3 is 15.9 Å². The third-order valence-electron chi connectivity index (χ3n) is 1.27. The molecule has 0 spiro atoms. The summed E-state index contributed by atoms with van der Waals surface area (Å²) in [5.74, 6) is 0.412. The highest BCUT2D eigenvalue weighted by molar-refractivity contribution is 5.85. The molecule has 0 bridgehead atoms. The van der Waals surface area contributed by atoms with E-state index in [0.717, 1.165) is 0 Å². The zero-order valence-corrected chi connectivity index (χ0v) is 7.24. The monoisotopic (exact) mass is 193 g/mol. The van der Waals surface area contributed by atoms with Crippen molar-refractivity contribution in [2.75, 3.05) is 12.3 Å². The highest BCUT2D eigenvalue weighted by Gasteiger charge is 2.02. The molecule has 1 aromatic rings. The molecule has 0 radical (unpaired) electrons. The van der Waals surface area contributed by atoms with Crippen molar-refractivity contribution in [2.24, 2.45) is 0 Å². The van der Waals surface area contributed by atoms with Crippen LogP contribution in [0.5, 0.6) is 0 Å². The Bertz CT molecular complexity index is 228. The Hall–Kier alpha value is -0.780. The Morgan fingerprint density at radius 3 is 2.75 bits per heavy atom. The van der Waals surface area contributed by atoms with Crippen molar-refractivity contribution in [1.29, 1.82) is 0 Å². The van der Waals surface area contributed by atoms with Crippen molar-refractivity contribution in [1.82, 2.24) is 9.78 Å². The molecule has 0 aliphatic rings. The van der Waals surface area contributed by atoms with Gasteiger partial charge in [-0.15, -0.1) is 12.4 Å². The maximum absolute atomic E-state index is 8.97. The first-order chi connectivity index (χ1) is 5.22. The van der Waals surface area contributed by atoms with Gasteiger partial charge in [-0.1, -0.05) is 0 Å². The number of rotatable bonds is 3. The molecular weight excluding hydrogens is 182 g/mol. The van der Waals surface area contributed by atoms with Crippen molar-refractivity contribution >= 4 is 18.2 Å². The van der Waals surface area contributed by atoms with Crippen LogP contribution in [-0.4, -0.2) is 32.7 Å². The molecule has 70 valence electrons. The van der Waals surface area contributed by atoms with Gasteiger partial charge in [0.05, 0.1) is 19.3 Å². The molecule has 4 N–H and O–H groups in total. The van der Waals surface area contributed by atoms with Crippen molar-refractivity contribution in [3.05, 3.63) is 12.3 Å². The first-order valence-corrected chi connectivity index (χ1v) is 3.30. The Labute approximate surface area is 76.2 Å². The van der Waals surface area contributed by atoms with E-state index in [4.69, 9.17) is 15.9 Å². The van der Waals surface area contributed by atoms with E-state index < -0.39 is 6.10 Å². The van der Waals surface area contributed by atoms with Crippen molar-refractivity contribution in [3.63, 3.8) is 0 Å². The number of anilines is 1. The zero-order chi connectivity index (χ0) is 8.27. The van der Waals surface area contributed by atoms with Crippen LogP contribution in [0.4, 0.5) is 5.82 Å². The highest BCUT2D eigenvalue weighted by atomic mass is 35.5. The van der Waals surface area contributed by atoms with Crippen LogP contribution < -0.4 is 5.73 Å². The normalized spacial score (nSPS) is 12.2. The van der Waals surface area contributed by atoms with Gasteiger partial charge >= 0.3 is 0 Å². The minimum Gasteiger partial charge on any atom is -0.394 e. The maximum atomic E-state index is 8.97. The summed E-state index contributed by atoms with van der Waals surface area (Å²) >= 11 is 0. The Kier molecular flexibility index (Phi) is 4.65. The minimum absolute atomic E-state index is 0. The van der Waals surface area contributed by atoms with Gasteiger partial charge in [0.1, 0.15) is 5.82 Å². The molecular formula is C6H12ClN3O2. The van der Waals surface area contributed by atoms with Crippen LogP contribution in [-0.2, 0) is 6.54 Å². The standard InChI is InChI=1S/C6H11N3O2.ClH/c7-6-1-2-9(8-6)3-5(11)4-10;/h1-2,5,10-11H,3-4H2,(H2,7,8);1H/t5-;/m1./s1. The van der Waals surface area contributed by atoms with E-state index in [2.05, 4.69) is 5.10 Å². The second kappa shape index (κ2) is 4.97. The summed E-state index contributed by atoms with van der Waals surface area (Å²) < 4.78 is 1.48. The lowest BCUT2D eigenvalue weighted by Crippen LogP contribution is -2.20. The Balaban J connectivity index is 0.00000121. The van der Waals surface area contributed by atoms with Gasteiger partial charge in [-0.25, -0.2) is 0 Å². The topological polar surface area (TPSA) is 84.3 Å². The predicted octanol–water partition coefficient (Wildman–Crippen LogP) is -0.760. The molecule has 0 amide bonds. The van der Waals surface area contributed by atoms with Crippen LogP contribution in [0.25, 0.3) is 0 Å². The fourth-order valence-electron chi connectivity index (χ4n) is 0.753. The van der Waals surface area contributed by atoms with Gasteiger partial charge in [0.2, 0.25) is 0 Å². The Morgan fingerprint density at radius 2 is 2.33 bits per heavy atom. The third-order valence-corrected chi connectivity index (χ3v) is 1.27. The number of hydrogen-bond acceptors (Lipinski definition) is 4. The molecule has 0 saturated heterocycles. The summed E-state index contributed by atoms with van der Waals surface area (Å²) in [4.78, 5) is 0. The van der Waals surface area contributed by atoms with Crippen molar-refractivity contribution in [2.45, 2.75) is 12.6 Å². The van der Waals surface area contributed by atoms with Gasteiger partial charge in [0, 0.05) is 6.20 Å². The molecule has 5 nitrogen and oxygen atoms in total. The molecule has 1 heterocycles. The fourth-order valence-corrected chi connectivity index (χ4v) is 0.753. The van der Waals surface area contributed by atoms with Crippen LogP contribution in [0.2, 0.25) is 0 Å². The van der Waals surface area contributed by atoms with E-state index in [1.165, 1.54) is 4.68 Å². The van der Waals surface area contributed by atoms with Crippen LogP contribution in [0, 0.1) is 0 Å². The lowest BCUT2D eigenvalue weighted by Gasteiger charge is -2.05. The second-order valence-electron chi connectivity index (χ2n) is 2.30. The summed E-state index contributed by atoms with van der Waals surface area (Å²) in [6, 6.07) is 1.63. The molecule has 0 unspecified atom stereocenters. The van der Waals surface area contributed by atoms with Crippen LogP contribution in [0.3, 0.4) is 0 Å². The average molecular weight is 194 g/mol. The number of halogens is 1. The molecule has 1 atom stereocenters. The summed E-state index contributed by atoms with van der Waals surface area (Å²) in [5.41, 5.74) is 5.32. The van der Waals surface area contributed by atoms with Crippen molar-refractivity contribution in [3.8, 4) is 0 Å². The highest BCUT2D eigenvalue weighted by Crippen LogP contribution is 1.96. The Morgan fingerprint density at radius 1 is 1.67 bits per heavy atom. The zero-order valence-electron chi connectivity index (χ0n) is 6.42. The average Bonchev–Trinajstić information content (AvgIpc) is 2.35. The second-order valence-corrected chi connectivity index (χ2v) is 2.30. The van der Waals surface area contributed by atoms with E-state index in [0.29, 0.717) is 5.82 Å². The number of aromatic nitrogens is 2. The molecule has 12 heavy (non-hydrogen) atoms. The molecule has 6 heteroatoms. The summed E-state index contributed by atoms with van der Waals surface area (Å²) in [7, 11) is 0. The fraction of sp³-hybridized carbons (Fsp3) is 0.500. The first kappa shape index (κ1) is 11.2. The number of hydrogen-bond donors (Lipinski definition) is 3. The quantitative estimate of drug-likeness (QED) is 0.589. The van der Waals surface area contributed by atoms with Gasteiger partial charge in [0.25, 0.3) is 0 Å². The lowest BCUT2D eigenvalue weighted by atomic mass is 10.4. The summed E-state index contributed by atoms with van der Waals surface area (Å²) in [6.45, 7) is 0.00741. The number of nitrogen functional groups attached to an aromatic ring is 1. The molecule has 0 saturated carbocycles. The largest absolute Gasteiger partial charge is 0.394 e. The number of nitrogens with two attached hydrogens (primary N) is 1. The molecule has 0 fully saturated rings. The maximum Gasteiger partial charge on any atom is 0.145 e. The van der Waals surface area contributed by atoms with E-state index in [9.17, 15) is 0 Å². The van der Waals surface area contributed by atoms with Crippen LogP contribution in [0.15, 0.2) is 12.3 Å². The van der Waals surface area contributed by atoms with E-state index in [-0.39, 0.29) is 25.6 Å². The molecule has 0 aliphatic heterocycles. The van der Waals surface area contributed by atoms with Gasteiger partial charge in [-0.05, 0) is 6.07 Å². The molecule has 0 aliphatic carbocycles. The minimum atomic E-state index is -0.769.